The van der Waals surface area contributed by atoms with Gasteiger partial charge in [0, 0.05) is 27.9 Å². The van der Waals surface area contributed by atoms with Crippen molar-refractivity contribution < 1.29 is 9.59 Å². The quantitative estimate of drug-likeness (QED) is 0.433. The van der Waals surface area contributed by atoms with E-state index in [2.05, 4.69) is 5.32 Å². The Morgan fingerprint density at radius 3 is 2.41 bits per heavy atom. The molecule has 1 amide bonds. The lowest BCUT2D eigenvalue weighted by Crippen LogP contribution is -2.24. The van der Waals surface area contributed by atoms with Crippen molar-refractivity contribution in [2.75, 3.05) is 5.32 Å². The molecule has 0 atom stereocenters. The molecule has 0 saturated carbocycles. The van der Waals surface area contributed by atoms with Crippen LogP contribution in [0, 0.1) is 13.8 Å². The molecule has 0 unspecified atom stereocenters. The Kier molecular flexibility index (Phi) is 5.93. The molecule has 6 heteroatoms. The molecule has 1 aromatic heterocycles. The molecule has 0 bridgehead atoms. The summed E-state index contributed by atoms with van der Waals surface area (Å²) in [7, 11) is 0. The normalized spacial score (nSPS) is 10.8. The lowest BCUT2D eigenvalue weighted by Gasteiger charge is -2.14. The van der Waals surface area contributed by atoms with Crippen LogP contribution in [0.25, 0.3) is 10.9 Å². The number of hydrogen-bond acceptors (Lipinski definition) is 3. The molecular weight excluding hydrogens is 424 g/mol. The van der Waals surface area contributed by atoms with E-state index in [-0.39, 0.29) is 18.0 Å². The van der Waals surface area contributed by atoms with Gasteiger partial charge < -0.3 is 9.88 Å². The van der Waals surface area contributed by atoms with Crippen LogP contribution in [0.5, 0.6) is 0 Å². The Labute approximate surface area is 190 Å². The molecule has 0 fully saturated rings. The number of hydrogen-bond donors (Lipinski definition) is 1. The molecule has 0 aliphatic rings. The highest BCUT2D eigenvalue weighted by Gasteiger charge is 2.18. The third-order valence-corrected chi connectivity index (χ3v) is 5.57. The van der Waals surface area contributed by atoms with Gasteiger partial charge in [-0.2, -0.15) is 0 Å². The van der Waals surface area contributed by atoms with Crippen molar-refractivity contribution in [3.63, 3.8) is 0 Å². The second kappa shape index (κ2) is 8.81. The van der Waals surface area contributed by atoms with E-state index in [0.717, 1.165) is 11.1 Å². The average molecular weight is 445 g/mol. The SMILES string of the molecule is Cc1ccc(C(=O)c2cn(CC(=O)Nc3ccccc3C)c3ccc(Cl)cc3c2=O)cc1. The number of nitrogens with one attached hydrogen (secondary N) is 1. The molecule has 32 heavy (non-hydrogen) atoms. The van der Waals surface area contributed by atoms with Crippen molar-refractivity contribution in [3.8, 4) is 0 Å². The Morgan fingerprint density at radius 2 is 1.69 bits per heavy atom. The van der Waals surface area contributed by atoms with Gasteiger partial charge in [0.2, 0.25) is 11.3 Å². The van der Waals surface area contributed by atoms with Crippen LogP contribution >= 0.6 is 11.6 Å². The summed E-state index contributed by atoms with van der Waals surface area (Å²) >= 11 is 6.13. The maximum absolute atomic E-state index is 13.1. The summed E-state index contributed by atoms with van der Waals surface area (Å²) in [5.41, 5.74) is 3.17. The first-order valence-electron chi connectivity index (χ1n) is 10.1. The summed E-state index contributed by atoms with van der Waals surface area (Å²) in [6.45, 7) is 3.76. The molecule has 1 N–H and O–H groups in total. The number of pyridine rings is 1. The van der Waals surface area contributed by atoms with Gasteiger partial charge in [-0.1, -0.05) is 59.6 Å². The van der Waals surface area contributed by atoms with Crippen LogP contribution in [0.2, 0.25) is 5.02 Å². The van der Waals surface area contributed by atoms with Crippen LogP contribution in [0.1, 0.15) is 27.0 Å². The lowest BCUT2D eigenvalue weighted by atomic mass is 10.0. The molecule has 4 aromatic rings. The fourth-order valence-electron chi connectivity index (χ4n) is 3.58. The van der Waals surface area contributed by atoms with Gasteiger partial charge in [0.05, 0.1) is 11.1 Å². The maximum Gasteiger partial charge on any atom is 0.244 e. The molecule has 0 spiro atoms. The smallest absolute Gasteiger partial charge is 0.244 e. The molecule has 3 aromatic carbocycles. The summed E-state index contributed by atoms with van der Waals surface area (Å²) in [5.74, 6) is -0.669. The van der Waals surface area contributed by atoms with Gasteiger partial charge in [0.15, 0.2) is 5.78 Å². The molecule has 1 heterocycles. The number of carbonyl (C=O) groups is 2. The topological polar surface area (TPSA) is 68.2 Å². The highest BCUT2D eigenvalue weighted by molar-refractivity contribution is 6.31. The average Bonchev–Trinajstić information content (AvgIpc) is 2.77. The van der Waals surface area contributed by atoms with E-state index < -0.39 is 11.2 Å². The number of anilines is 1. The van der Waals surface area contributed by atoms with E-state index in [0.29, 0.717) is 27.2 Å². The lowest BCUT2D eigenvalue weighted by molar-refractivity contribution is -0.116. The monoisotopic (exact) mass is 444 g/mol. The van der Waals surface area contributed by atoms with E-state index in [4.69, 9.17) is 11.6 Å². The minimum absolute atomic E-state index is 0.00712. The Morgan fingerprint density at radius 1 is 0.969 bits per heavy atom. The highest BCUT2D eigenvalue weighted by Crippen LogP contribution is 2.20. The van der Waals surface area contributed by atoms with Crippen LogP contribution < -0.4 is 10.7 Å². The summed E-state index contributed by atoms with van der Waals surface area (Å²) in [6.07, 6.45) is 1.46. The molecule has 0 saturated heterocycles. The van der Waals surface area contributed by atoms with Crippen LogP contribution in [0.4, 0.5) is 5.69 Å². The zero-order valence-electron chi connectivity index (χ0n) is 17.7. The van der Waals surface area contributed by atoms with Crippen molar-refractivity contribution in [1.82, 2.24) is 4.57 Å². The van der Waals surface area contributed by atoms with Gasteiger partial charge >= 0.3 is 0 Å². The number of rotatable bonds is 5. The van der Waals surface area contributed by atoms with Crippen molar-refractivity contribution in [2.24, 2.45) is 0 Å². The molecule has 0 aliphatic heterocycles. The van der Waals surface area contributed by atoms with Gasteiger partial charge in [0.1, 0.15) is 6.54 Å². The van der Waals surface area contributed by atoms with Crippen molar-refractivity contribution >= 4 is 39.9 Å². The van der Waals surface area contributed by atoms with Crippen LogP contribution in [0.15, 0.2) is 77.7 Å². The predicted octanol–water partition coefficient (Wildman–Crippen LogP) is 5.14. The first kappa shape index (κ1) is 21.5. The number of amides is 1. The van der Waals surface area contributed by atoms with Crippen LogP contribution in [-0.4, -0.2) is 16.3 Å². The zero-order valence-corrected chi connectivity index (χ0v) is 18.4. The minimum Gasteiger partial charge on any atom is -0.337 e. The molecule has 5 nitrogen and oxygen atoms in total. The molecule has 0 radical (unpaired) electrons. The second-order valence-electron chi connectivity index (χ2n) is 7.72. The number of aromatic nitrogens is 1. The Balaban J connectivity index is 1.77. The fraction of sp³-hybridized carbons (Fsp3) is 0.115. The van der Waals surface area contributed by atoms with E-state index >= 15 is 0 Å². The molecular formula is C26H21ClN2O3. The van der Waals surface area contributed by atoms with Gasteiger partial charge in [-0.25, -0.2) is 0 Å². The predicted molar refractivity (Wildman–Crippen MR) is 128 cm³/mol. The van der Waals surface area contributed by atoms with E-state index in [1.165, 1.54) is 12.3 Å². The first-order valence-corrected chi connectivity index (χ1v) is 10.5. The van der Waals surface area contributed by atoms with Gasteiger partial charge in [-0.05, 0) is 43.7 Å². The summed E-state index contributed by atoms with van der Waals surface area (Å²) in [4.78, 5) is 39.1. The van der Waals surface area contributed by atoms with Crippen molar-refractivity contribution in [2.45, 2.75) is 20.4 Å². The zero-order chi connectivity index (χ0) is 22.8. The molecule has 0 aliphatic carbocycles. The Bertz CT molecular complexity index is 1410. The third-order valence-electron chi connectivity index (χ3n) is 5.33. The number of nitrogens with zero attached hydrogens (tertiary/aromatic N) is 1. The maximum atomic E-state index is 13.1. The molecule has 4 rings (SSSR count). The van der Waals surface area contributed by atoms with Gasteiger partial charge in [-0.15, -0.1) is 0 Å². The summed E-state index contributed by atoms with van der Waals surface area (Å²) in [6, 6.07) is 19.3. The number of ketones is 1. The highest BCUT2D eigenvalue weighted by atomic mass is 35.5. The number of halogens is 1. The first-order chi connectivity index (χ1) is 15.3. The Hall–Kier alpha value is -3.70. The van der Waals surface area contributed by atoms with Crippen LogP contribution in [-0.2, 0) is 11.3 Å². The summed E-state index contributed by atoms with van der Waals surface area (Å²) < 4.78 is 1.61. The number of benzene rings is 3. The second-order valence-corrected chi connectivity index (χ2v) is 8.16. The third kappa shape index (κ3) is 4.34. The van der Waals surface area contributed by atoms with Gasteiger partial charge in [-0.3, -0.25) is 14.4 Å². The number of fused-ring (bicyclic) bond motifs is 1. The largest absolute Gasteiger partial charge is 0.337 e. The van der Waals surface area contributed by atoms with Crippen LogP contribution in [0.3, 0.4) is 0 Å². The van der Waals surface area contributed by atoms with E-state index in [1.54, 1.807) is 28.8 Å². The number of aryl methyl sites for hydroxylation is 2. The summed E-state index contributed by atoms with van der Waals surface area (Å²) in [5, 5.41) is 3.56. The molecule has 160 valence electrons. The van der Waals surface area contributed by atoms with E-state index in [9.17, 15) is 14.4 Å². The standard InChI is InChI=1S/C26H21ClN2O3/c1-16-7-9-18(10-8-16)25(31)21-14-29(23-12-11-19(27)13-20(23)26(21)32)15-24(30)28-22-6-4-3-5-17(22)2/h3-14H,15H2,1-2H3,(H,28,30). The van der Waals surface area contributed by atoms with Crippen molar-refractivity contribution in [1.29, 1.82) is 0 Å². The van der Waals surface area contributed by atoms with Gasteiger partial charge in [0.25, 0.3) is 0 Å². The number of para-hydroxylation sites is 1. The van der Waals surface area contributed by atoms with E-state index in [1.807, 2.05) is 50.2 Å². The fourth-order valence-corrected chi connectivity index (χ4v) is 3.75. The van der Waals surface area contributed by atoms with Crippen molar-refractivity contribution in [3.05, 3.63) is 110 Å². The number of carbonyl (C=O) groups excluding carboxylic acids is 2. The minimum atomic E-state index is -0.413.